The normalized spacial score (nSPS) is 17.8. The topological polar surface area (TPSA) is 61.0 Å². The zero-order valence-electron chi connectivity index (χ0n) is 14.0. The number of aromatic amines is 1. The van der Waals surface area contributed by atoms with Crippen LogP contribution in [0.1, 0.15) is 40.5 Å². The van der Waals surface area contributed by atoms with Gasteiger partial charge < -0.3 is 15.2 Å². The molecule has 2 N–H and O–H groups in total. The highest BCUT2D eigenvalue weighted by Crippen LogP contribution is 2.34. The van der Waals surface area contributed by atoms with E-state index in [9.17, 15) is 4.79 Å². The van der Waals surface area contributed by atoms with E-state index >= 15 is 0 Å². The number of benzene rings is 1. The number of nitrogens with one attached hydrogen (secondary N) is 2. The number of rotatable bonds is 2. The zero-order valence-corrected chi connectivity index (χ0v) is 14.0. The van der Waals surface area contributed by atoms with Crippen molar-refractivity contribution in [1.29, 1.82) is 0 Å². The van der Waals surface area contributed by atoms with Crippen LogP contribution in [0.5, 0.6) is 0 Å². The van der Waals surface area contributed by atoms with E-state index in [-0.39, 0.29) is 5.91 Å². The molecule has 0 aliphatic carbocycles. The molecular formula is C20H20N4O. The average molecular weight is 332 g/mol. The second-order valence-corrected chi connectivity index (χ2v) is 6.91. The maximum atomic E-state index is 12.1. The van der Waals surface area contributed by atoms with Crippen LogP contribution >= 0.6 is 0 Å². The van der Waals surface area contributed by atoms with Crippen molar-refractivity contribution >= 4 is 22.5 Å². The summed E-state index contributed by atoms with van der Waals surface area (Å²) in [5, 5.41) is 4.16. The molecule has 0 saturated carbocycles. The Balaban J connectivity index is 1.37. The third kappa shape index (κ3) is 2.38. The van der Waals surface area contributed by atoms with Crippen molar-refractivity contribution in [2.45, 2.75) is 25.3 Å². The first-order valence-corrected chi connectivity index (χ1v) is 8.88. The number of piperidine rings is 1. The molecule has 0 radical (unpaired) electrons. The van der Waals surface area contributed by atoms with Gasteiger partial charge in [-0.2, -0.15) is 0 Å². The molecule has 25 heavy (non-hydrogen) atoms. The van der Waals surface area contributed by atoms with Crippen LogP contribution in [0.25, 0.3) is 10.9 Å². The number of pyridine rings is 1. The Kier molecular flexibility index (Phi) is 3.26. The number of amides is 1. The van der Waals surface area contributed by atoms with E-state index in [1.54, 1.807) is 0 Å². The van der Waals surface area contributed by atoms with Gasteiger partial charge in [-0.15, -0.1) is 0 Å². The third-order valence-electron chi connectivity index (χ3n) is 5.48. The summed E-state index contributed by atoms with van der Waals surface area (Å²) in [7, 11) is 0. The number of anilines is 1. The number of fused-ring (bicyclic) bond motifs is 2. The Hall–Kier alpha value is -2.82. The number of para-hydroxylation sites is 1. The first kappa shape index (κ1) is 14.5. The number of carbonyl (C=O) groups excluding carboxylic acids is 1. The molecule has 126 valence electrons. The summed E-state index contributed by atoms with van der Waals surface area (Å²) in [6.07, 6.45) is 4.00. The number of hydrogen-bond donors (Lipinski definition) is 2. The predicted molar refractivity (Wildman–Crippen MR) is 97.9 cm³/mol. The highest BCUT2D eigenvalue weighted by molar-refractivity contribution is 6.03. The zero-order chi connectivity index (χ0) is 16.8. The Labute approximate surface area is 146 Å². The third-order valence-corrected chi connectivity index (χ3v) is 5.48. The summed E-state index contributed by atoms with van der Waals surface area (Å²) >= 11 is 0. The van der Waals surface area contributed by atoms with Gasteiger partial charge in [-0.25, -0.2) is 0 Å². The maximum Gasteiger partial charge on any atom is 0.255 e. The molecule has 3 aromatic rings. The number of H-pyrrole nitrogens is 1. The van der Waals surface area contributed by atoms with E-state index in [0.717, 1.165) is 42.9 Å². The average Bonchev–Trinajstić information content (AvgIpc) is 3.26. The molecule has 1 amide bonds. The van der Waals surface area contributed by atoms with Crippen molar-refractivity contribution in [3.05, 3.63) is 59.5 Å². The lowest BCUT2D eigenvalue weighted by molar-refractivity contribution is 0.0966. The van der Waals surface area contributed by atoms with Gasteiger partial charge in [0.05, 0.1) is 23.5 Å². The molecule has 0 atom stereocenters. The van der Waals surface area contributed by atoms with Crippen molar-refractivity contribution in [3.63, 3.8) is 0 Å². The Bertz CT molecular complexity index is 920. The monoisotopic (exact) mass is 332 g/mol. The highest BCUT2D eigenvalue weighted by atomic mass is 16.1. The van der Waals surface area contributed by atoms with Gasteiger partial charge >= 0.3 is 0 Å². The van der Waals surface area contributed by atoms with Crippen LogP contribution < -0.4 is 10.2 Å². The molecule has 5 heteroatoms. The van der Waals surface area contributed by atoms with Gasteiger partial charge in [-0.05, 0) is 36.4 Å². The highest BCUT2D eigenvalue weighted by Gasteiger charge is 2.29. The van der Waals surface area contributed by atoms with Crippen LogP contribution in [-0.4, -0.2) is 29.0 Å². The lowest BCUT2D eigenvalue weighted by Crippen LogP contribution is -2.34. The van der Waals surface area contributed by atoms with Crippen molar-refractivity contribution in [2.75, 3.05) is 18.0 Å². The van der Waals surface area contributed by atoms with Crippen molar-refractivity contribution in [1.82, 2.24) is 15.3 Å². The second-order valence-electron chi connectivity index (χ2n) is 6.91. The summed E-state index contributed by atoms with van der Waals surface area (Å²) < 4.78 is 0. The minimum atomic E-state index is 0.0100. The lowest BCUT2D eigenvalue weighted by Gasteiger charge is -2.34. The molecule has 2 aromatic heterocycles. The number of aromatic nitrogens is 2. The van der Waals surface area contributed by atoms with Crippen LogP contribution in [0.15, 0.2) is 42.6 Å². The number of hydrogen-bond acceptors (Lipinski definition) is 3. The molecule has 1 saturated heterocycles. The first-order chi connectivity index (χ1) is 12.3. The number of carbonyl (C=O) groups is 1. The van der Waals surface area contributed by atoms with Crippen molar-refractivity contribution in [3.8, 4) is 0 Å². The van der Waals surface area contributed by atoms with Crippen LogP contribution in [0.3, 0.4) is 0 Å². The Morgan fingerprint density at radius 2 is 1.96 bits per heavy atom. The van der Waals surface area contributed by atoms with Crippen molar-refractivity contribution in [2.24, 2.45) is 0 Å². The van der Waals surface area contributed by atoms with Gasteiger partial charge in [-0.1, -0.05) is 18.2 Å². The maximum absolute atomic E-state index is 12.1. The van der Waals surface area contributed by atoms with Gasteiger partial charge in [0.2, 0.25) is 0 Å². The quantitative estimate of drug-likeness (QED) is 0.758. The number of nitrogens with zero attached hydrogens (tertiary/aromatic N) is 2. The molecule has 2 aliphatic heterocycles. The fourth-order valence-corrected chi connectivity index (χ4v) is 4.14. The van der Waals surface area contributed by atoms with E-state index in [4.69, 9.17) is 0 Å². The molecule has 5 rings (SSSR count). The van der Waals surface area contributed by atoms with Crippen LogP contribution in [0, 0.1) is 0 Å². The van der Waals surface area contributed by atoms with Gasteiger partial charge in [-0.3, -0.25) is 9.78 Å². The second kappa shape index (κ2) is 5.62. The minimum absolute atomic E-state index is 0.0100. The summed E-state index contributed by atoms with van der Waals surface area (Å²) in [6, 6.07) is 12.7. The molecule has 4 heterocycles. The molecule has 0 unspecified atom stereocenters. The van der Waals surface area contributed by atoms with E-state index in [1.807, 2.05) is 12.3 Å². The molecule has 2 aliphatic rings. The molecule has 5 nitrogen and oxygen atoms in total. The predicted octanol–water partition coefficient (Wildman–Crippen LogP) is 3.19. The summed E-state index contributed by atoms with van der Waals surface area (Å²) in [4.78, 5) is 22.4. The standard InChI is InChI=1S/C20H20N4O/c25-20-19-17(12-22-20)21-8-5-18(19)24-9-6-13(7-10-24)16-11-14-3-1-2-4-15(14)23-16/h1-5,8,11,13,23H,6-7,9-10,12H2,(H,22,25). The van der Waals surface area contributed by atoms with Gasteiger partial charge in [0, 0.05) is 36.4 Å². The van der Waals surface area contributed by atoms with E-state index in [2.05, 4.69) is 50.5 Å². The molecule has 1 aromatic carbocycles. The molecular weight excluding hydrogens is 312 g/mol. The molecule has 0 spiro atoms. The summed E-state index contributed by atoms with van der Waals surface area (Å²) in [6.45, 7) is 2.47. The summed E-state index contributed by atoms with van der Waals surface area (Å²) in [5.41, 5.74) is 5.23. The minimum Gasteiger partial charge on any atom is -0.371 e. The first-order valence-electron chi connectivity index (χ1n) is 8.88. The van der Waals surface area contributed by atoms with Crippen LogP contribution in [0.2, 0.25) is 0 Å². The van der Waals surface area contributed by atoms with E-state index in [0.29, 0.717) is 12.5 Å². The molecule has 1 fully saturated rings. The van der Waals surface area contributed by atoms with E-state index in [1.165, 1.54) is 16.6 Å². The van der Waals surface area contributed by atoms with Crippen LogP contribution in [-0.2, 0) is 6.54 Å². The fraction of sp³-hybridized carbons (Fsp3) is 0.300. The Morgan fingerprint density at radius 3 is 2.80 bits per heavy atom. The lowest BCUT2D eigenvalue weighted by atomic mass is 9.93. The Morgan fingerprint density at radius 1 is 1.12 bits per heavy atom. The largest absolute Gasteiger partial charge is 0.371 e. The smallest absolute Gasteiger partial charge is 0.255 e. The van der Waals surface area contributed by atoms with Crippen LogP contribution in [0.4, 0.5) is 5.69 Å². The molecule has 0 bridgehead atoms. The van der Waals surface area contributed by atoms with Gasteiger partial charge in [0.1, 0.15) is 0 Å². The van der Waals surface area contributed by atoms with Gasteiger partial charge in [0.25, 0.3) is 5.91 Å². The van der Waals surface area contributed by atoms with Crippen molar-refractivity contribution < 1.29 is 4.79 Å². The SMILES string of the molecule is O=C1NCc2nccc(N3CCC(c4cc5ccccc5[nH]4)CC3)c21. The van der Waals surface area contributed by atoms with Gasteiger partial charge in [0.15, 0.2) is 0 Å². The summed E-state index contributed by atoms with van der Waals surface area (Å²) in [5.74, 6) is 0.559. The fourth-order valence-electron chi connectivity index (χ4n) is 4.14. The van der Waals surface area contributed by atoms with E-state index < -0.39 is 0 Å².